The van der Waals surface area contributed by atoms with Crippen molar-refractivity contribution in [1.29, 1.82) is 0 Å². The zero-order valence-corrected chi connectivity index (χ0v) is 18.9. The number of thioether (sulfide) groups is 1. The number of carbonyl (C=O) groups excluding carboxylic acids is 1. The number of hydrogen-bond acceptors (Lipinski definition) is 4. The standard InChI is InChI=1S/C23H19BrN2OS2/c24-16-11-9-15(10-12-16)19-13-28-23(25-19)29-14-22(27)26-20-7-3-1-5-17(20)18-6-2-4-8-21(18)26/h1,3,5,7,9-13H,2,4,6,8,14H2. The molecule has 6 heteroatoms. The van der Waals surface area contributed by atoms with E-state index in [4.69, 9.17) is 4.98 Å². The molecule has 1 aliphatic rings. The summed E-state index contributed by atoms with van der Waals surface area (Å²) in [6.07, 6.45) is 4.44. The molecule has 2 aromatic carbocycles. The van der Waals surface area contributed by atoms with Crippen molar-refractivity contribution in [1.82, 2.24) is 9.55 Å². The molecule has 0 saturated carbocycles. The molecule has 0 unspecified atom stereocenters. The van der Waals surface area contributed by atoms with E-state index in [0.717, 1.165) is 44.8 Å². The molecule has 0 radical (unpaired) electrons. The van der Waals surface area contributed by atoms with Gasteiger partial charge in [-0.1, -0.05) is 58.0 Å². The minimum atomic E-state index is 0.148. The molecule has 29 heavy (non-hydrogen) atoms. The summed E-state index contributed by atoms with van der Waals surface area (Å²) in [4.78, 5) is 17.9. The third kappa shape index (κ3) is 3.69. The molecule has 0 amide bonds. The Labute approximate surface area is 186 Å². The highest BCUT2D eigenvalue weighted by Gasteiger charge is 2.23. The van der Waals surface area contributed by atoms with E-state index in [1.54, 1.807) is 11.3 Å². The number of benzene rings is 2. The number of halogens is 1. The topological polar surface area (TPSA) is 34.9 Å². The minimum Gasteiger partial charge on any atom is -0.283 e. The predicted molar refractivity (Wildman–Crippen MR) is 125 cm³/mol. The Morgan fingerprint density at radius 3 is 2.76 bits per heavy atom. The number of rotatable bonds is 4. The first-order chi connectivity index (χ1) is 14.2. The molecule has 0 spiro atoms. The third-order valence-electron chi connectivity index (χ3n) is 5.37. The summed E-state index contributed by atoms with van der Waals surface area (Å²) in [5.41, 5.74) is 5.70. The summed E-state index contributed by atoms with van der Waals surface area (Å²) in [5, 5.41) is 3.30. The minimum absolute atomic E-state index is 0.148. The highest BCUT2D eigenvalue weighted by molar-refractivity contribution is 9.10. The fraction of sp³-hybridized carbons (Fsp3) is 0.217. The van der Waals surface area contributed by atoms with Gasteiger partial charge in [0.1, 0.15) is 0 Å². The fourth-order valence-corrected chi connectivity index (χ4v) is 5.99. The molecular formula is C23H19BrN2OS2. The van der Waals surface area contributed by atoms with Crippen molar-refractivity contribution >= 4 is 55.8 Å². The van der Waals surface area contributed by atoms with E-state index in [1.807, 2.05) is 22.8 Å². The van der Waals surface area contributed by atoms with Crippen LogP contribution in [0.25, 0.3) is 22.2 Å². The van der Waals surface area contributed by atoms with Gasteiger partial charge in [-0.15, -0.1) is 11.3 Å². The quantitative estimate of drug-likeness (QED) is 0.298. The molecule has 0 saturated heterocycles. The number of para-hydroxylation sites is 1. The number of fused-ring (bicyclic) bond motifs is 3. The lowest BCUT2D eigenvalue weighted by molar-refractivity contribution is 0.0943. The second kappa shape index (κ2) is 8.09. The zero-order valence-electron chi connectivity index (χ0n) is 15.7. The maximum Gasteiger partial charge on any atom is 0.241 e. The number of thiazole rings is 1. The third-order valence-corrected chi connectivity index (χ3v) is 7.90. The lowest BCUT2D eigenvalue weighted by Gasteiger charge is -2.14. The smallest absolute Gasteiger partial charge is 0.241 e. The Balaban J connectivity index is 1.37. The van der Waals surface area contributed by atoms with E-state index in [-0.39, 0.29) is 5.91 Å². The molecule has 5 rings (SSSR count). The largest absolute Gasteiger partial charge is 0.283 e. The Hall–Kier alpha value is -1.89. The lowest BCUT2D eigenvalue weighted by atomic mass is 9.96. The molecule has 0 N–H and O–H groups in total. The van der Waals surface area contributed by atoms with E-state index >= 15 is 0 Å². The Morgan fingerprint density at radius 2 is 1.90 bits per heavy atom. The van der Waals surface area contributed by atoms with Crippen molar-refractivity contribution in [3.8, 4) is 11.3 Å². The summed E-state index contributed by atoms with van der Waals surface area (Å²) in [5.74, 6) is 0.549. The monoisotopic (exact) mass is 482 g/mol. The van der Waals surface area contributed by atoms with Crippen LogP contribution in [-0.4, -0.2) is 21.2 Å². The molecule has 2 aromatic heterocycles. The number of nitrogens with zero attached hydrogens (tertiary/aromatic N) is 2. The van der Waals surface area contributed by atoms with Crippen LogP contribution in [-0.2, 0) is 12.8 Å². The van der Waals surface area contributed by atoms with Gasteiger partial charge in [0, 0.05) is 26.5 Å². The Bertz CT molecular complexity index is 1190. The van der Waals surface area contributed by atoms with Gasteiger partial charge < -0.3 is 0 Å². The lowest BCUT2D eigenvalue weighted by Crippen LogP contribution is -2.18. The second-order valence-corrected chi connectivity index (χ2v) is 10.2. The average Bonchev–Trinajstić information content (AvgIpc) is 3.35. The van der Waals surface area contributed by atoms with Gasteiger partial charge in [-0.25, -0.2) is 4.98 Å². The summed E-state index contributed by atoms with van der Waals surface area (Å²) < 4.78 is 3.96. The highest BCUT2D eigenvalue weighted by atomic mass is 79.9. The zero-order chi connectivity index (χ0) is 19.8. The van der Waals surface area contributed by atoms with Crippen molar-refractivity contribution in [3.05, 3.63) is 69.6 Å². The van der Waals surface area contributed by atoms with E-state index in [1.165, 1.54) is 34.8 Å². The molecule has 0 aliphatic heterocycles. The van der Waals surface area contributed by atoms with E-state index in [2.05, 4.69) is 51.6 Å². The number of carbonyl (C=O) groups is 1. The van der Waals surface area contributed by atoms with Gasteiger partial charge in [-0.2, -0.15) is 0 Å². The molecule has 0 bridgehead atoms. The van der Waals surface area contributed by atoms with Gasteiger partial charge in [0.15, 0.2) is 4.34 Å². The fourth-order valence-electron chi connectivity index (χ4n) is 4.05. The number of aryl methyl sites for hydroxylation is 1. The molecule has 2 heterocycles. The van der Waals surface area contributed by atoms with Crippen LogP contribution in [0.4, 0.5) is 0 Å². The highest BCUT2D eigenvalue weighted by Crippen LogP contribution is 2.33. The van der Waals surface area contributed by atoms with E-state index in [0.29, 0.717) is 5.75 Å². The van der Waals surface area contributed by atoms with Crippen LogP contribution in [0.15, 0.2) is 62.7 Å². The first-order valence-corrected chi connectivity index (χ1v) is 12.4. The molecule has 0 fully saturated rings. The average molecular weight is 483 g/mol. The molecule has 1 aliphatic carbocycles. The maximum absolute atomic E-state index is 13.2. The van der Waals surface area contributed by atoms with Crippen LogP contribution in [0, 0.1) is 0 Å². The summed E-state index contributed by atoms with van der Waals surface area (Å²) in [6.45, 7) is 0. The van der Waals surface area contributed by atoms with Crippen LogP contribution in [0.1, 0.15) is 28.9 Å². The first kappa shape index (κ1) is 19.1. The normalized spacial score (nSPS) is 13.6. The van der Waals surface area contributed by atoms with E-state index in [9.17, 15) is 4.79 Å². The van der Waals surface area contributed by atoms with Crippen LogP contribution >= 0.6 is 39.0 Å². The molecular weight excluding hydrogens is 464 g/mol. The first-order valence-electron chi connectivity index (χ1n) is 9.69. The SMILES string of the molecule is O=C(CSc1nc(-c2ccc(Br)cc2)cs1)n1c2c(c3ccccc31)CCCC2. The predicted octanol–water partition coefficient (Wildman–Crippen LogP) is 6.84. The van der Waals surface area contributed by atoms with Crippen LogP contribution in [0.5, 0.6) is 0 Å². The Kier molecular flexibility index (Phi) is 5.33. The molecule has 4 aromatic rings. The molecule has 3 nitrogen and oxygen atoms in total. The van der Waals surface area contributed by atoms with Crippen LogP contribution in [0.3, 0.4) is 0 Å². The van der Waals surface area contributed by atoms with Crippen LogP contribution in [0.2, 0.25) is 0 Å². The summed E-state index contributed by atoms with van der Waals surface area (Å²) in [7, 11) is 0. The summed E-state index contributed by atoms with van der Waals surface area (Å²) in [6, 6.07) is 16.5. The van der Waals surface area contributed by atoms with Crippen molar-refractivity contribution in [2.24, 2.45) is 0 Å². The Morgan fingerprint density at radius 1 is 1.10 bits per heavy atom. The van der Waals surface area contributed by atoms with Crippen molar-refractivity contribution in [3.63, 3.8) is 0 Å². The van der Waals surface area contributed by atoms with Crippen LogP contribution < -0.4 is 0 Å². The van der Waals surface area contributed by atoms with Gasteiger partial charge in [-0.3, -0.25) is 9.36 Å². The van der Waals surface area contributed by atoms with Crippen molar-refractivity contribution < 1.29 is 4.79 Å². The maximum atomic E-state index is 13.2. The second-order valence-electron chi connectivity index (χ2n) is 7.17. The van der Waals surface area contributed by atoms with E-state index < -0.39 is 0 Å². The van der Waals surface area contributed by atoms with Gasteiger partial charge in [-0.05, 0) is 49.4 Å². The van der Waals surface area contributed by atoms with Gasteiger partial charge in [0.05, 0.1) is 17.0 Å². The molecule has 0 atom stereocenters. The van der Waals surface area contributed by atoms with Gasteiger partial charge in [0.25, 0.3) is 0 Å². The number of aromatic nitrogens is 2. The molecule has 146 valence electrons. The summed E-state index contributed by atoms with van der Waals surface area (Å²) >= 11 is 6.60. The van der Waals surface area contributed by atoms with Gasteiger partial charge >= 0.3 is 0 Å². The number of hydrogen-bond donors (Lipinski definition) is 0. The van der Waals surface area contributed by atoms with Crippen molar-refractivity contribution in [2.45, 2.75) is 30.0 Å². The van der Waals surface area contributed by atoms with Crippen molar-refractivity contribution in [2.75, 3.05) is 5.75 Å². The van der Waals surface area contributed by atoms with Gasteiger partial charge in [0.2, 0.25) is 5.91 Å².